The SMILES string of the molecule is CC(=O)N(C)N=NC(=C(C)C)N(C)C. The number of carbonyl (C=O) groups is 1. The molecule has 0 heterocycles. The summed E-state index contributed by atoms with van der Waals surface area (Å²) in [5.74, 6) is 0.624. The normalized spacial score (nSPS) is 10.1. The Morgan fingerprint density at radius 2 is 1.57 bits per heavy atom. The smallest absolute Gasteiger partial charge is 0.240 e. The van der Waals surface area contributed by atoms with Crippen LogP contribution in [0.2, 0.25) is 0 Å². The summed E-state index contributed by atoms with van der Waals surface area (Å²) in [5, 5.41) is 8.96. The fraction of sp³-hybridized carbons (Fsp3) is 0.667. The predicted molar refractivity (Wildman–Crippen MR) is 55.4 cm³/mol. The van der Waals surface area contributed by atoms with Crippen molar-refractivity contribution in [2.45, 2.75) is 20.8 Å². The number of amides is 1. The number of hydrogen-bond donors (Lipinski definition) is 0. The third-order valence-corrected chi connectivity index (χ3v) is 1.60. The van der Waals surface area contributed by atoms with E-state index in [9.17, 15) is 4.79 Å². The van der Waals surface area contributed by atoms with Crippen molar-refractivity contribution in [1.29, 1.82) is 0 Å². The molecule has 0 rings (SSSR count). The Bertz CT molecular complexity index is 264. The molecule has 0 aliphatic heterocycles. The molecule has 0 radical (unpaired) electrons. The second-order valence-corrected chi connectivity index (χ2v) is 3.45. The Labute approximate surface area is 85.1 Å². The van der Waals surface area contributed by atoms with E-state index in [0.29, 0.717) is 0 Å². The van der Waals surface area contributed by atoms with Gasteiger partial charge >= 0.3 is 0 Å². The summed E-state index contributed by atoms with van der Waals surface area (Å²) >= 11 is 0. The van der Waals surface area contributed by atoms with E-state index in [4.69, 9.17) is 0 Å². The van der Waals surface area contributed by atoms with Crippen molar-refractivity contribution in [3.05, 3.63) is 11.4 Å². The lowest BCUT2D eigenvalue weighted by molar-refractivity contribution is -0.127. The first-order valence-electron chi connectivity index (χ1n) is 4.37. The van der Waals surface area contributed by atoms with Gasteiger partial charge in [0, 0.05) is 28.1 Å². The van der Waals surface area contributed by atoms with Gasteiger partial charge in [-0.1, -0.05) is 5.22 Å². The van der Waals surface area contributed by atoms with E-state index in [2.05, 4.69) is 10.3 Å². The molecule has 1 amide bonds. The molecule has 5 heteroatoms. The molecular weight excluding hydrogens is 180 g/mol. The highest BCUT2D eigenvalue weighted by Crippen LogP contribution is 2.08. The molecule has 0 unspecified atom stereocenters. The molecule has 0 aromatic carbocycles. The topological polar surface area (TPSA) is 48.3 Å². The summed E-state index contributed by atoms with van der Waals surface area (Å²) in [6.45, 7) is 5.33. The number of hydrogen-bond acceptors (Lipinski definition) is 4. The van der Waals surface area contributed by atoms with Crippen LogP contribution in [0.15, 0.2) is 21.7 Å². The fourth-order valence-corrected chi connectivity index (χ4v) is 0.809. The summed E-state index contributed by atoms with van der Waals surface area (Å²) in [5.41, 5.74) is 1.05. The van der Waals surface area contributed by atoms with Gasteiger partial charge in [-0.15, -0.1) is 5.11 Å². The Balaban J connectivity index is 4.63. The number of nitrogens with zero attached hydrogens (tertiary/aromatic N) is 4. The summed E-state index contributed by atoms with van der Waals surface area (Å²) in [6, 6.07) is 0. The van der Waals surface area contributed by atoms with Gasteiger partial charge in [0.25, 0.3) is 0 Å². The molecule has 80 valence electrons. The second kappa shape index (κ2) is 5.36. The fourth-order valence-electron chi connectivity index (χ4n) is 0.809. The Kier molecular flexibility index (Phi) is 4.83. The molecule has 0 atom stereocenters. The Morgan fingerprint density at radius 1 is 1.07 bits per heavy atom. The average molecular weight is 198 g/mol. The van der Waals surface area contributed by atoms with Crippen molar-refractivity contribution in [3.8, 4) is 0 Å². The van der Waals surface area contributed by atoms with Crippen LogP contribution in [0, 0.1) is 0 Å². The highest BCUT2D eigenvalue weighted by molar-refractivity contribution is 5.72. The predicted octanol–water partition coefficient (Wildman–Crippen LogP) is 1.64. The minimum Gasteiger partial charge on any atom is -0.361 e. The van der Waals surface area contributed by atoms with Gasteiger partial charge in [0.05, 0.1) is 0 Å². The molecule has 0 saturated carbocycles. The molecule has 0 aromatic heterocycles. The first-order valence-corrected chi connectivity index (χ1v) is 4.37. The van der Waals surface area contributed by atoms with E-state index in [0.717, 1.165) is 11.4 Å². The minimum absolute atomic E-state index is 0.138. The van der Waals surface area contributed by atoms with E-state index in [1.165, 1.54) is 11.9 Å². The molecule has 0 bridgehead atoms. The maximum atomic E-state index is 10.8. The highest BCUT2D eigenvalue weighted by Gasteiger charge is 2.02. The average Bonchev–Trinajstić information content (AvgIpc) is 2.02. The quantitative estimate of drug-likeness (QED) is 0.511. The van der Waals surface area contributed by atoms with Gasteiger partial charge in [-0.25, -0.2) is 5.01 Å². The maximum Gasteiger partial charge on any atom is 0.240 e. The van der Waals surface area contributed by atoms with Crippen molar-refractivity contribution in [2.24, 2.45) is 10.3 Å². The number of allylic oxidation sites excluding steroid dienone is 1. The zero-order valence-corrected chi connectivity index (χ0v) is 9.70. The van der Waals surface area contributed by atoms with Crippen molar-refractivity contribution >= 4 is 5.91 Å². The zero-order valence-electron chi connectivity index (χ0n) is 9.70. The van der Waals surface area contributed by atoms with Gasteiger partial charge in [0.15, 0.2) is 5.82 Å². The lowest BCUT2D eigenvalue weighted by atomic mass is 10.3. The number of carbonyl (C=O) groups excluding carboxylic acids is 1. The van der Waals surface area contributed by atoms with Crippen LogP contribution in [0.5, 0.6) is 0 Å². The lowest BCUT2D eigenvalue weighted by Gasteiger charge is -2.14. The molecular formula is C9H18N4O. The first kappa shape index (κ1) is 12.6. The van der Waals surface area contributed by atoms with Crippen LogP contribution in [0.25, 0.3) is 0 Å². The monoisotopic (exact) mass is 198 g/mol. The van der Waals surface area contributed by atoms with E-state index >= 15 is 0 Å². The number of rotatable bonds is 3. The van der Waals surface area contributed by atoms with Crippen molar-refractivity contribution in [3.63, 3.8) is 0 Å². The zero-order chi connectivity index (χ0) is 11.3. The first-order chi connectivity index (χ1) is 6.36. The molecule has 0 saturated heterocycles. The van der Waals surface area contributed by atoms with Crippen LogP contribution in [0.4, 0.5) is 0 Å². The van der Waals surface area contributed by atoms with E-state index in [-0.39, 0.29) is 5.91 Å². The Hall–Kier alpha value is -1.39. The lowest BCUT2D eigenvalue weighted by Crippen LogP contribution is -2.17. The van der Waals surface area contributed by atoms with E-state index in [1.807, 2.05) is 32.8 Å². The second-order valence-electron chi connectivity index (χ2n) is 3.45. The standard InChI is InChI=1S/C9H18N4O/c1-7(2)9(12(4)5)10-11-13(6)8(3)14/h1-6H3. The summed E-state index contributed by atoms with van der Waals surface area (Å²) in [6.07, 6.45) is 0. The van der Waals surface area contributed by atoms with E-state index < -0.39 is 0 Å². The highest BCUT2D eigenvalue weighted by atomic mass is 16.2. The minimum atomic E-state index is -0.138. The van der Waals surface area contributed by atoms with Gasteiger partial charge in [-0.2, -0.15) is 0 Å². The molecule has 0 aliphatic rings. The Morgan fingerprint density at radius 3 is 1.86 bits per heavy atom. The van der Waals surface area contributed by atoms with E-state index in [1.54, 1.807) is 7.05 Å². The summed E-state index contributed by atoms with van der Waals surface area (Å²) in [4.78, 5) is 12.7. The van der Waals surface area contributed by atoms with Crippen LogP contribution in [0.1, 0.15) is 20.8 Å². The van der Waals surface area contributed by atoms with Gasteiger partial charge < -0.3 is 4.90 Å². The molecule has 0 aromatic rings. The summed E-state index contributed by atoms with van der Waals surface area (Å²) < 4.78 is 0. The third-order valence-electron chi connectivity index (χ3n) is 1.60. The summed E-state index contributed by atoms with van der Waals surface area (Å²) in [7, 11) is 5.34. The van der Waals surface area contributed by atoms with Crippen LogP contribution in [-0.2, 0) is 4.79 Å². The largest absolute Gasteiger partial charge is 0.361 e. The molecule has 5 nitrogen and oxygen atoms in total. The van der Waals surface area contributed by atoms with Gasteiger partial charge in [0.2, 0.25) is 5.91 Å². The molecule has 0 fully saturated rings. The van der Waals surface area contributed by atoms with Crippen molar-refractivity contribution in [2.75, 3.05) is 21.1 Å². The molecule has 0 spiro atoms. The van der Waals surface area contributed by atoms with Gasteiger partial charge in [-0.05, 0) is 19.4 Å². The molecule has 0 aliphatic carbocycles. The van der Waals surface area contributed by atoms with Crippen LogP contribution in [-0.4, -0.2) is 37.0 Å². The van der Waals surface area contributed by atoms with Crippen molar-refractivity contribution in [1.82, 2.24) is 9.91 Å². The van der Waals surface area contributed by atoms with Gasteiger partial charge in [-0.3, -0.25) is 4.79 Å². The van der Waals surface area contributed by atoms with Crippen molar-refractivity contribution < 1.29 is 4.79 Å². The maximum absolute atomic E-state index is 10.8. The van der Waals surface area contributed by atoms with Gasteiger partial charge in [0.1, 0.15) is 0 Å². The van der Waals surface area contributed by atoms with Crippen LogP contribution >= 0.6 is 0 Å². The third kappa shape index (κ3) is 4.02. The molecule has 14 heavy (non-hydrogen) atoms. The molecule has 0 N–H and O–H groups in total. The van der Waals surface area contributed by atoms with Crippen LogP contribution in [0.3, 0.4) is 0 Å². The van der Waals surface area contributed by atoms with Crippen LogP contribution < -0.4 is 0 Å².